The normalized spacial score (nSPS) is 14.2. The van der Waals surface area contributed by atoms with Gasteiger partial charge in [-0.15, -0.1) is 5.10 Å². The molecule has 2 aromatic carbocycles. The van der Waals surface area contributed by atoms with E-state index in [-0.39, 0.29) is 24.4 Å². The van der Waals surface area contributed by atoms with Crippen molar-refractivity contribution in [2.45, 2.75) is 13.0 Å². The van der Waals surface area contributed by atoms with E-state index in [2.05, 4.69) is 20.5 Å². The molecule has 2 heterocycles. The first-order valence-electron chi connectivity index (χ1n) is 9.36. The van der Waals surface area contributed by atoms with Crippen molar-refractivity contribution in [2.24, 2.45) is 0 Å². The Bertz CT molecular complexity index is 1100. The average Bonchev–Trinajstić information content (AvgIpc) is 2.74. The lowest BCUT2D eigenvalue weighted by Crippen LogP contribution is -2.32. The Morgan fingerprint density at radius 3 is 2.76 bits per heavy atom. The third kappa shape index (κ3) is 4.54. The molecule has 4 rings (SSSR count). The molecule has 0 radical (unpaired) electrons. The number of fused-ring (bicyclic) bond motifs is 1. The molecule has 3 aromatic rings. The van der Waals surface area contributed by atoms with Gasteiger partial charge in [0.25, 0.3) is 5.56 Å². The monoisotopic (exact) mass is 429 g/mol. The van der Waals surface area contributed by atoms with Gasteiger partial charge in [-0.1, -0.05) is 28.9 Å². The first kappa shape index (κ1) is 19.7. The van der Waals surface area contributed by atoms with Crippen molar-refractivity contribution >= 4 is 51.5 Å². The zero-order valence-electron chi connectivity index (χ0n) is 15.7. The maximum atomic E-state index is 12.4. The lowest BCUT2D eigenvalue weighted by Gasteiger charge is -2.29. The summed E-state index contributed by atoms with van der Waals surface area (Å²) in [4.78, 5) is 27.0. The number of thioether (sulfide) groups is 1. The smallest absolute Gasteiger partial charge is 0.277 e. The zero-order valence-corrected chi connectivity index (χ0v) is 17.2. The van der Waals surface area contributed by atoms with E-state index < -0.39 is 0 Å². The van der Waals surface area contributed by atoms with Crippen molar-refractivity contribution in [1.29, 1.82) is 0 Å². The summed E-state index contributed by atoms with van der Waals surface area (Å²) in [5.41, 5.74) is 1.91. The molecule has 29 heavy (non-hydrogen) atoms. The molecule has 1 fully saturated rings. The summed E-state index contributed by atoms with van der Waals surface area (Å²) in [6, 6.07) is 12.6. The molecule has 9 heteroatoms. The topological polar surface area (TPSA) is 80.1 Å². The van der Waals surface area contributed by atoms with Crippen molar-refractivity contribution < 1.29 is 4.79 Å². The fraction of sp³-hybridized carbons (Fsp3) is 0.300. The number of aromatic nitrogens is 3. The summed E-state index contributed by atoms with van der Waals surface area (Å²) < 4.78 is 1.21. The third-order valence-corrected chi connectivity index (χ3v) is 6.01. The lowest BCUT2D eigenvalue weighted by atomic mass is 10.2. The highest BCUT2D eigenvalue weighted by atomic mass is 35.5. The first-order chi connectivity index (χ1) is 14.1. The molecule has 1 N–H and O–H groups in total. The molecule has 1 aliphatic rings. The minimum atomic E-state index is -0.254. The molecule has 7 nitrogen and oxygen atoms in total. The van der Waals surface area contributed by atoms with E-state index in [4.69, 9.17) is 11.6 Å². The summed E-state index contributed by atoms with van der Waals surface area (Å²) in [7, 11) is 0. The van der Waals surface area contributed by atoms with Crippen LogP contribution in [0.1, 0.15) is 6.42 Å². The lowest BCUT2D eigenvalue weighted by molar-refractivity contribution is -0.116. The summed E-state index contributed by atoms with van der Waals surface area (Å²) in [6.45, 7) is 2.09. The fourth-order valence-electron chi connectivity index (χ4n) is 3.25. The van der Waals surface area contributed by atoms with Gasteiger partial charge in [0.1, 0.15) is 5.52 Å². The molecular formula is C20H20ClN5O2S. The van der Waals surface area contributed by atoms with Gasteiger partial charge in [-0.3, -0.25) is 9.59 Å². The van der Waals surface area contributed by atoms with Gasteiger partial charge in [-0.05, 0) is 30.3 Å². The van der Waals surface area contributed by atoms with Crippen molar-refractivity contribution in [2.75, 3.05) is 34.8 Å². The number of nitrogens with one attached hydrogen (secondary N) is 1. The molecule has 0 bridgehead atoms. The highest BCUT2D eigenvalue weighted by Crippen LogP contribution is 2.30. The second-order valence-corrected chi connectivity index (χ2v) is 8.33. The number of benzene rings is 2. The van der Waals surface area contributed by atoms with Crippen molar-refractivity contribution in [3.63, 3.8) is 0 Å². The summed E-state index contributed by atoms with van der Waals surface area (Å²) >= 11 is 8.37. The van der Waals surface area contributed by atoms with E-state index in [9.17, 15) is 9.59 Å². The highest BCUT2D eigenvalue weighted by Gasteiger charge is 2.15. The van der Waals surface area contributed by atoms with Crippen LogP contribution in [-0.2, 0) is 11.3 Å². The maximum absolute atomic E-state index is 12.4. The standard InChI is InChI=1S/C20H20ClN5O2S/c21-16-13-14(5-6-18(16)25-9-11-29-12-10-25)22-19(27)7-8-26-20(28)15-3-1-2-4-17(15)23-24-26/h1-6,13H,7-12H2,(H,22,27). The Morgan fingerprint density at radius 1 is 1.17 bits per heavy atom. The Hall–Kier alpha value is -2.58. The van der Waals surface area contributed by atoms with Crippen LogP contribution in [0, 0.1) is 0 Å². The molecule has 150 valence electrons. The Morgan fingerprint density at radius 2 is 1.97 bits per heavy atom. The van der Waals surface area contributed by atoms with Crippen LogP contribution in [0.5, 0.6) is 0 Å². The molecule has 0 saturated carbocycles. The molecule has 1 aromatic heterocycles. The van der Waals surface area contributed by atoms with E-state index in [1.165, 1.54) is 4.68 Å². The number of nitrogens with zero attached hydrogens (tertiary/aromatic N) is 4. The second-order valence-electron chi connectivity index (χ2n) is 6.70. The molecule has 0 atom stereocenters. The Labute approximate surface area is 177 Å². The summed E-state index contributed by atoms with van der Waals surface area (Å²) in [5, 5.41) is 11.9. The molecule has 1 saturated heterocycles. The van der Waals surface area contributed by atoms with Crippen molar-refractivity contribution in [3.8, 4) is 0 Å². The van der Waals surface area contributed by atoms with Crippen molar-refractivity contribution in [3.05, 3.63) is 57.8 Å². The number of halogens is 1. The van der Waals surface area contributed by atoms with E-state index in [1.54, 1.807) is 30.3 Å². The van der Waals surface area contributed by atoms with E-state index in [0.29, 0.717) is 21.6 Å². The Balaban J connectivity index is 1.39. The minimum absolute atomic E-state index is 0.107. The van der Waals surface area contributed by atoms with Crippen molar-refractivity contribution in [1.82, 2.24) is 15.0 Å². The SMILES string of the molecule is O=C(CCn1nnc2ccccc2c1=O)Nc1ccc(N2CCSCC2)c(Cl)c1. The predicted octanol–water partition coefficient (Wildman–Crippen LogP) is 3.03. The third-order valence-electron chi connectivity index (χ3n) is 4.76. The van der Waals surface area contributed by atoms with Gasteiger partial charge >= 0.3 is 0 Å². The predicted molar refractivity (Wildman–Crippen MR) is 118 cm³/mol. The van der Waals surface area contributed by atoms with Gasteiger partial charge in [0.15, 0.2) is 0 Å². The molecule has 0 spiro atoms. The number of rotatable bonds is 5. The Kier molecular flexibility index (Phi) is 6.01. The molecule has 1 amide bonds. The molecule has 1 aliphatic heterocycles. The van der Waals surface area contributed by atoms with Crippen LogP contribution in [0.3, 0.4) is 0 Å². The molecule has 0 unspecified atom stereocenters. The van der Waals surface area contributed by atoms with Gasteiger partial charge in [0, 0.05) is 36.7 Å². The van der Waals surface area contributed by atoms with Gasteiger partial charge < -0.3 is 10.2 Å². The maximum Gasteiger partial charge on any atom is 0.277 e. The van der Waals surface area contributed by atoms with Crippen LogP contribution in [0.2, 0.25) is 5.02 Å². The van der Waals surface area contributed by atoms with Crippen LogP contribution in [-0.4, -0.2) is 45.5 Å². The zero-order chi connectivity index (χ0) is 20.2. The number of carbonyl (C=O) groups is 1. The number of amides is 1. The minimum Gasteiger partial charge on any atom is -0.369 e. The first-order valence-corrected chi connectivity index (χ1v) is 10.9. The highest BCUT2D eigenvalue weighted by molar-refractivity contribution is 7.99. The van der Waals surface area contributed by atoms with Crippen LogP contribution >= 0.6 is 23.4 Å². The number of carbonyl (C=O) groups excluding carboxylic acids is 1. The number of anilines is 2. The van der Waals surface area contributed by atoms with Gasteiger partial charge in [-0.25, -0.2) is 4.68 Å². The van der Waals surface area contributed by atoms with E-state index in [0.717, 1.165) is 30.3 Å². The number of hydrogen-bond acceptors (Lipinski definition) is 6. The van der Waals surface area contributed by atoms with Gasteiger partial charge in [0.05, 0.1) is 22.6 Å². The summed E-state index contributed by atoms with van der Waals surface area (Å²) in [6.07, 6.45) is 0.107. The van der Waals surface area contributed by atoms with E-state index >= 15 is 0 Å². The molecule has 0 aliphatic carbocycles. The van der Waals surface area contributed by atoms with Crippen LogP contribution in [0.4, 0.5) is 11.4 Å². The number of hydrogen-bond donors (Lipinski definition) is 1. The van der Waals surface area contributed by atoms with Gasteiger partial charge in [-0.2, -0.15) is 11.8 Å². The van der Waals surface area contributed by atoms with Crippen LogP contribution < -0.4 is 15.8 Å². The summed E-state index contributed by atoms with van der Waals surface area (Å²) in [5.74, 6) is 1.96. The van der Waals surface area contributed by atoms with E-state index in [1.807, 2.05) is 23.9 Å². The second kappa shape index (κ2) is 8.84. The quantitative estimate of drug-likeness (QED) is 0.671. The molecular weight excluding hydrogens is 410 g/mol. The number of aryl methyl sites for hydroxylation is 1. The average molecular weight is 430 g/mol. The largest absolute Gasteiger partial charge is 0.369 e. The fourth-order valence-corrected chi connectivity index (χ4v) is 4.45. The van der Waals surface area contributed by atoms with Gasteiger partial charge in [0.2, 0.25) is 5.91 Å². The van der Waals surface area contributed by atoms with Crippen LogP contribution in [0.25, 0.3) is 10.9 Å². The van der Waals surface area contributed by atoms with Crippen LogP contribution in [0.15, 0.2) is 47.3 Å².